The molecule has 1 atom stereocenters. The second-order valence-corrected chi connectivity index (χ2v) is 8.51. The lowest BCUT2D eigenvalue weighted by Crippen LogP contribution is -2.15. The predicted molar refractivity (Wildman–Crippen MR) is 99.5 cm³/mol. The molecule has 0 radical (unpaired) electrons. The topological polar surface area (TPSA) is 17.1 Å². The van der Waals surface area contributed by atoms with Crippen LogP contribution < -0.4 is 0 Å². The predicted octanol–water partition coefficient (Wildman–Crippen LogP) is 5.22. The summed E-state index contributed by atoms with van der Waals surface area (Å²) in [5.74, 6) is 1.57. The van der Waals surface area contributed by atoms with Crippen molar-refractivity contribution in [2.75, 3.05) is 12.0 Å². The fourth-order valence-electron chi connectivity index (χ4n) is 3.39. The molecule has 2 heteroatoms. The van der Waals surface area contributed by atoms with Crippen LogP contribution in [0.4, 0.5) is 0 Å². The minimum Gasteiger partial charge on any atom is -0.289 e. The van der Waals surface area contributed by atoms with E-state index in [2.05, 4.69) is 30.5 Å². The molecule has 0 bridgehead atoms. The van der Waals surface area contributed by atoms with E-state index in [4.69, 9.17) is 0 Å². The first-order valence-corrected chi connectivity index (χ1v) is 10.3. The molecule has 2 aromatic carbocycles. The number of carbonyl (C=O) groups excluding carboxylic acids is 1. The standard InChI is InChI=1S/C21H25OS/c1-23(20-10-6-3-7-11-20)16-21(22)19-14-12-18(13-15-19)17-8-4-2-5-9-17/h3,6-7,10-15,17H,2,4-5,8-9,16H2,1H3/q+1. The summed E-state index contributed by atoms with van der Waals surface area (Å²) in [6, 6.07) is 18.8. The third kappa shape index (κ3) is 4.26. The van der Waals surface area contributed by atoms with Gasteiger partial charge in [-0.1, -0.05) is 61.7 Å². The van der Waals surface area contributed by atoms with E-state index in [-0.39, 0.29) is 16.7 Å². The van der Waals surface area contributed by atoms with E-state index in [9.17, 15) is 4.79 Å². The van der Waals surface area contributed by atoms with Gasteiger partial charge in [0.15, 0.2) is 10.6 Å². The molecule has 0 amide bonds. The maximum absolute atomic E-state index is 12.5. The molecule has 0 aromatic heterocycles. The largest absolute Gasteiger partial charge is 0.289 e. The fourth-order valence-corrected chi connectivity index (χ4v) is 4.74. The van der Waals surface area contributed by atoms with Gasteiger partial charge in [0, 0.05) is 16.5 Å². The van der Waals surface area contributed by atoms with Crippen LogP contribution in [0.5, 0.6) is 0 Å². The SMILES string of the molecule is C[S+](CC(=O)c1ccc(C2CCCCC2)cc1)c1ccccc1. The van der Waals surface area contributed by atoms with Crippen molar-refractivity contribution in [2.45, 2.75) is 42.9 Å². The zero-order valence-corrected chi connectivity index (χ0v) is 14.6. The van der Waals surface area contributed by atoms with Crippen molar-refractivity contribution >= 4 is 16.7 Å². The summed E-state index contributed by atoms with van der Waals surface area (Å²) in [5.41, 5.74) is 2.28. The number of carbonyl (C=O) groups is 1. The minimum atomic E-state index is -0.0232. The van der Waals surface area contributed by atoms with Gasteiger partial charge in [-0.15, -0.1) is 0 Å². The lowest BCUT2D eigenvalue weighted by Gasteiger charge is -2.21. The Kier molecular flexibility index (Phi) is 5.56. The first-order chi connectivity index (χ1) is 11.2. The summed E-state index contributed by atoms with van der Waals surface area (Å²) in [4.78, 5) is 13.8. The molecule has 0 N–H and O–H groups in total. The molecule has 3 rings (SSSR count). The van der Waals surface area contributed by atoms with Gasteiger partial charge in [-0.3, -0.25) is 4.79 Å². The number of hydrogen-bond donors (Lipinski definition) is 0. The third-order valence-electron chi connectivity index (χ3n) is 4.80. The molecule has 120 valence electrons. The van der Waals surface area contributed by atoms with E-state index in [1.807, 2.05) is 30.3 Å². The molecule has 0 aliphatic heterocycles. The molecular formula is C21H25OS+. The Bertz CT molecular complexity index is 627. The van der Waals surface area contributed by atoms with Gasteiger partial charge in [0.05, 0.1) is 0 Å². The first-order valence-electron chi connectivity index (χ1n) is 8.55. The van der Waals surface area contributed by atoms with Crippen molar-refractivity contribution in [2.24, 2.45) is 0 Å². The summed E-state index contributed by atoms with van der Waals surface area (Å²) >= 11 is 0. The van der Waals surface area contributed by atoms with Crippen LogP contribution in [-0.2, 0) is 10.9 Å². The van der Waals surface area contributed by atoms with Gasteiger partial charge in [-0.2, -0.15) is 0 Å². The van der Waals surface area contributed by atoms with Crippen LogP contribution in [0.2, 0.25) is 0 Å². The maximum atomic E-state index is 12.5. The molecule has 1 unspecified atom stereocenters. The molecule has 0 heterocycles. The second-order valence-electron chi connectivity index (χ2n) is 6.47. The van der Waals surface area contributed by atoms with Gasteiger partial charge >= 0.3 is 0 Å². The van der Waals surface area contributed by atoms with Crippen LogP contribution in [0.3, 0.4) is 0 Å². The quantitative estimate of drug-likeness (QED) is 0.544. The molecule has 23 heavy (non-hydrogen) atoms. The number of hydrogen-bond acceptors (Lipinski definition) is 1. The van der Waals surface area contributed by atoms with Gasteiger partial charge in [0.25, 0.3) is 0 Å². The average molecular weight is 325 g/mol. The van der Waals surface area contributed by atoms with E-state index in [1.165, 1.54) is 42.6 Å². The molecule has 0 spiro atoms. The number of rotatable bonds is 5. The van der Waals surface area contributed by atoms with Crippen molar-refractivity contribution in [1.82, 2.24) is 0 Å². The zero-order chi connectivity index (χ0) is 16.1. The number of ketones is 1. The molecule has 1 aliphatic rings. The second kappa shape index (κ2) is 7.83. The third-order valence-corrected chi connectivity index (χ3v) is 6.57. The Balaban J connectivity index is 1.63. The first kappa shape index (κ1) is 16.3. The Morgan fingerprint density at radius 2 is 1.61 bits per heavy atom. The molecule has 2 aromatic rings. The van der Waals surface area contributed by atoms with E-state index in [1.54, 1.807) is 0 Å². The lowest BCUT2D eigenvalue weighted by molar-refractivity contribution is 0.102. The maximum Gasteiger partial charge on any atom is 0.212 e. The monoisotopic (exact) mass is 325 g/mol. The Hall–Kier alpha value is -1.54. The van der Waals surface area contributed by atoms with E-state index < -0.39 is 0 Å². The zero-order valence-electron chi connectivity index (χ0n) is 13.8. The fraction of sp³-hybridized carbons (Fsp3) is 0.381. The van der Waals surface area contributed by atoms with Gasteiger partial charge in [-0.25, -0.2) is 0 Å². The van der Waals surface area contributed by atoms with E-state index in [0.717, 1.165) is 5.56 Å². The van der Waals surface area contributed by atoms with Crippen LogP contribution in [-0.4, -0.2) is 17.8 Å². The van der Waals surface area contributed by atoms with Crippen molar-refractivity contribution in [3.63, 3.8) is 0 Å². The molecule has 1 aliphatic carbocycles. The number of benzene rings is 2. The molecule has 1 fully saturated rings. The highest BCUT2D eigenvalue weighted by atomic mass is 32.2. The smallest absolute Gasteiger partial charge is 0.212 e. The minimum absolute atomic E-state index is 0.0232. The lowest BCUT2D eigenvalue weighted by atomic mass is 9.84. The van der Waals surface area contributed by atoms with Crippen LogP contribution in [0.25, 0.3) is 0 Å². The Labute approximate surface area is 142 Å². The highest BCUT2D eigenvalue weighted by Gasteiger charge is 2.21. The van der Waals surface area contributed by atoms with Crippen molar-refractivity contribution in [3.05, 3.63) is 65.7 Å². The summed E-state index contributed by atoms with van der Waals surface area (Å²) in [6.45, 7) is 0. The summed E-state index contributed by atoms with van der Waals surface area (Å²) in [6.07, 6.45) is 8.84. The summed E-state index contributed by atoms with van der Waals surface area (Å²) in [5, 5.41) is 0. The van der Waals surface area contributed by atoms with Gasteiger partial charge < -0.3 is 0 Å². The van der Waals surface area contributed by atoms with Gasteiger partial charge in [-0.05, 0) is 36.5 Å². The average Bonchev–Trinajstić information content (AvgIpc) is 2.63. The highest BCUT2D eigenvalue weighted by molar-refractivity contribution is 7.96. The van der Waals surface area contributed by atoms with Gasteiger partial charge in [0.1, 0.15) is 6.26 Å². The van der Waals surface area contributed by atoms with E-state index >= 15 is 0 Å². The molecule has 1 saturated carbocycles. The van der Waals surface area contributed by atoms with Crippen LogP contribution in [0.15, 0.2) is 59.5 Å². The molecule has 1 nitrogen and oxygen atoms in total. The number of Topliss-reactive ketones (excluding diaryl/α,β-unsaturated/α-hetero) is 1. The molecular weight excluding hydrogens is 300 g/mol. The molecule has 0 saturated heterocycles. The van der Waals surface area contributed by atoms with Crippen LogP contribution >= 0.6 is 0 Å². The van der Waals surface area contributed by atoms with Gasteiger partial charge in [0.2, 0.25) is 5.78 Å². The van der Waals surface area contributed by atoms with Crippen molar-refractivity contribution in [3.8, 4) is 0 Å². The Morgan fingerprint density at radius 3 is 2.26 bits per heavy atom. The van der Waals surface area contributed by atoms with E-state index in [0.29, 0.717) is 11.7 Å². The summed E-state index contributed by atoms with van der Waals surface area (Å²) < 4.78 is 0. The van der Waals surface area contributed by atoms with Crippen molar-refractivity contribution in [1.29, 1.82) is 0 Å². The summed E-state index contributed by atoms with van der Waals surface area (Å²) in [7, 11) is -0.0232. The normalized spacial score (nSPS) is 16.9. The van der Waals surface area contributed by atoms with Crippen LogP contribution in [0, 0.1) is 0 Å². The van der Waals surface area contributed by atoms with Crippen LogP contribution in [0.1, 0.15) is 53.9 Å². The Morgan fingerprint density at radius 1 is 0.957 bits per heavy atom. The van der Waals surface area contributed by atoms with Crippen molar-refractivity contribution < 1.29 is 4.79 Å². The highest BCUT2D eigenvalue weighted by Crippen LogP contribution is 2.32.